The number of rotatable bonds is 1. The van der Waals surface area contributed by atoms with Crippen molar-refractivity contribution in [1.82, 2.24) is 0 Å². The Labute approximate surface area is 230 Å². The second-order valence-corrected chi connectivity index (χ2v) is 7.86. The normalized spacial score (nSPS) is 14.6. The van der Waals surface area contributed by atoms with Gasteiger partial charge in [-0.1, -0.05) is 24.3 Å². The number of para-hydroxylation sites is 4. The zero-order chi connectivity index (χ0) is 29.1. The van der Waals surface area contributed by atoms with Crippen LogP contribution >= 0.6 is 0 Å². The minimum absolute atomic E-state index is 0.441. The maximum Gasteiger partial charge on any atom is 0.673 e. The van der Waals surface area contributed by atoms with E-state index in [1.165, 1.54) is 0 Å². The van der Waals surface area contributed by atoms with Crippen LogP contribution in [-0.2, 0) is 9.47 Å². The van der Waals surface area contributed by atoms with Crippen LogP contribution in [0.3, 0.4) is 0 Å². The van der Waals surface area contributed by atoms with Gasteiger partial charge in [-0.25, -0.2) is 0 Å². The molecule has 8 nitrogen and oxygen atoms in total. The molecule has 1 heterocycles. The Morgan fingerprint density at radius 2 is 0.850 bits per heavy atom. The molecule has 0 atom stereocenters. The molecule has 0 spiro atoms. The van der Waals surface area contributed by atoms with E-state index in [1.54, 1.807) is 7.11 Å². The standard InChI is InChI=1S/C20H24O6.C7H9NO.BF4/c1-2-6-18-17(5-1)23-13-9-21-11-15-25-19-7-3-4-8-20(19)26-16-12-22-10-14-24-18;1-9-7-4-2-6(8)3-5-7;2-1(3,4)5/h1-8H,9-16H2;2-5H,8H2,1H3;/q;;-1/p+1. The number of benzene rings is 3. The topological polar surface area (TPSA) is 92.3 Å². The molecule has 0 bridgehead atoms. The van der Waals surface area contributed by atoms with Crippen LogP contribution in [-0.4, -0.2) is 67.2 Å². The van der Waals surface area contributed by atoms with Gasteiger partial charge in [0.1, 0.15) is 37.9 Å². The lowest BCUT2D eigenvalue weighted by atomic mass is 10.3. The van der Waals surface area contributed by atoms with Gasteiger partial charge in [-0.3, -0.25) is 0 Å². The Bertz CT molecular complexity index is 973. The molecule has 0 radical (unpaired) electrons. The van der Waals surface area contributed by atoms with Crippen molar-refractivity contribution in [2.45, 2.75) is 0 Å². The van der Waals surface area contributed by atoms with Crippen molar-refractivity contribution >= 4 is 12.9 Å². The number of hydrogen-bond acceptors (Lipinski definition) is 7. The van der Waals surface area contributed by atoms with Crippen molar-refractivity contribution in [3.63, 3.8) is 0 Å². The Hall–Kier alpha value is -3.68. The summed E-state index contributed by atoms with van der Waals surface area (Å²) < 4.78 is 78.0. The summed E-state index contributed by atoms with van der Waals surface area (Å²) in [5, 5.41) is 0. The van der Waals surface area contributed by atoms with Crippen molar-refractivity contribution in [3.05, 3.63) is 72.8 Å². The predicted octanol–water partition coefficient (Wildman–Crippen LogP) is 4.82. The molecular weight excluding hydrogens is 537 g/mol. The second-order valence-electron chi connectivity index (χ2n) is 7.86. The summed E-state index contributed by atoms with van der Waals surface area (Å²) in [6, 6.07) is 22.8. The fraction of sp³-hybridized carbons (Fsp3) is 0.333. The van der Waals surface area contributed by atoms with Crippen LogP contribution in [0.25, 0.3) is 0 Å². The number of methoxy groups -OCH3 is 1. The van der Waals surface area contributed by atoms with Gasteiger partial charge in [0.2, 0.25) is 0 Å². The monoisotopic (exact) mass is 571 g/mol. The van der Waals surface area contributed by atoms with E-state index in [1.807, 2.05) is 72.8 Å². The Morgan fingerprint density at radius 3 is 1.12 bits per heavy atom. The molecule has 0 aliphatic carbocycles. The number of halogens is 4. The minimum atomic E-state index is -6.00. The first-order chi connectivity index (χ1) is 19.3. The highest BCUT2D eigenvalue weighted by molar-refractivity contribution is 6.50. The lowest BCUT2D eigenvalue weighted by molar-refractivity contribution is -0.254. The average Bonchev–Trinajstić information content (AvgIpc) is 2.93. The summed E-state index contributed by atoms with van der Waals surface area (Å²) in [5.41, 5.74) is 4.75. The molecule has 0 fully saturated rings. The first-order valence-electron chi connectivity index (χ1n) is 12.4. The second kappa shape index (κ2) is 18.6. The summed E-state index contributed by atoms with van der Waals surface area (Å²) in [6.07, 6.45) is 0. The molecule has 1 aliphatic rings. The fourth-order valence-electron chi connectivity index (χ4n) is 3.05. The third-order valence-corrected chi connectivity index (χ3v) is 4.80. The van der Waals surface area contributed by atoms with Gasteiger partial charge >= 0.3 is 7.25 Å². The first kappa shape index (κ1) is 32.5. The molecule has 0 saturated heterocycles. The van der Waals surface area contributed by atoms with E-state index >= 15 is 0 Å². The molecule has 4 rings (SSSR count). The number of hydrogen-bond donors (Lipinski definition) is 1. The smallest absolute Gasteiger partial charge is 0.497 e. The highest BCUT2D eigenvalue weighted by Crippen LogP contribution is 2.27. The maximum atomic E-state index is 9.75. The van der Waals surface area contributed by atoms with Crippen LogP contribution in [0.5, 0.6) is 28.7 Å². The van der Waals surface area contributed by atoms with Gasteiger partial charge in [0, 0.05) is 12.1 Å². The van der Waals surface area contributed by atoms with E-state index in [-0.39, 0.29) is 0 Å². The number of ether oxygens (including phenoxy) is 7. The molecule has 0 unspecified atom stereocenters. The molecule has 220 valence electrons. The van der Waals surface area contributed by atoms with E-state index in [0.717, 1.165) is 11.4 Å². The number of quaternary nitrogens is 1. The molecule has 3 aromatic rings. The quantitative estimate of drug-likeness (QED) is 0.331. The van der Waals surface area contributed by atoms with E-state index < -0.39 is 7.25 Å². The van der Waals surface area contributed by atoms with Gasteiger partial charge in [-0.15, -0.1) is 0 Å². The van der Waals surface area contributed by atoms with Gasteiger partial charge in [-0.2, -0.15) is 0 Å². The Kier molecular flexibility index (Phi) is 15.1. The number of fused-ring (bicyclic) bond motifs is 2. The summed E-state index contributed by atoms with van der Waals surface area (Å²) in [4.78, 5) is 0. The predicted molar refractivity (Wildman–Crippen MR) is 142 cm³/mol. The Morgan fingerprint density at radius 1 is 0.550 bits per heavy atom. The van der Waals surface area contributed by atoms with Gasteiger partial charge in [0.15, 0.2) is 23.0 Å². The largest absolute Gasteiger partial charge is 0.673 e. The SMILES string of the molecule is COc1ccc([NH3+])cc1.F[B-](F)(F)F.c1ccc2c(c1)OCCOCCOc1ccccc1OCCOCCO2. The Balaban J connectivity index is 0.000000329. The zero-order valence-electron chi connectivity index (χ0n) is 22.2. The highest BCUT2D eigenvalue weighted by Gasteiger charge is 2.20. The van der Waals surface area contributed by atoms with Crippen LogP contribution in [0.4, 0.5) is 23.0 Å². The van der Waals surface area contributed by atoms with Crippen molar-refractivity contribution < 1.29 is 56.2 Å². The van der Waals surface area contributed by atoms with E-state index in [4.69, 9.17) is 33.2 Å². The van der Waals surface area contributed by atoms with Gasteiger partial charge in [0.25, 0.3) is 0 Å². The third-order valence-electron chi connectivity index (χ3n) is 4.80. The lowest BCUT2D eigenvalue weighted by Gasteiger charge is -2.15. The van der Waals surface area contributed by atoms with E-state index in [9.17, 15) is 17.3 Å². The third kappa shape index (κ3) is 15.1. The van der Waals surface area contributed by atoms with Crippen LogP contribution in [0.2, 0.25) is 0 Å². The first-order valence-corrected chi connectivity index (χ1v) is 12.4. The molecule has 40 heavy (non-hydrogen) atoms. The van der Waals surface area contributed by atoms with Crippen LogP contribution in [0.1, 0.15) is 0 Å². The van der Waals surface area contributed by atoms with Crippen molar-refractivity contribution in [3.8, 4) is 28.7 Å². The van der Waals surface area contributed by atoms with Crippen molar-refractivity contribution in [1.29, 1.82) is 0 Å². The van der Waals surface area contributed by atoms with Crippen LogP contribution < -0.4 is 29.4 Å². The molecule has 0 saturated carbocycles. The molecule has 3 N–H and O–H groups in total. The highest BCUT2D eigenvalue weighted by atomic mass is 19.5. The van der Waals surface area contributed by atoms with Crippen molar-refractivity contribution in [2.75, 3.05) is 60.0 Å². The van der Waals surface area contributed by atoms with E-state index in [0.29, 0.717) is 75.9 Å². The lowest BCUT2D eigenvalue weighted by Crippen LogP contribution is -2.39. The summed E-state index contributed by atoms with van der Waals surface area (Å²) in [6.45, 7) is 3.65. The maximum absolute atomic E-state index is 9.75. The van der Waals surface area contributed by atoms with Gasteiger partial charge in [-0.05, 0) is 36.4 Å². The average molecular weight is 571 g/mol. The molecule has 1 aliphatic heterocycles. The van der Waals surface area contributed by atoms with Crippen molar-refractivity contribution in [2.24, 2.45) is 0 Å². The summed E-state index contributed by atoms with van der Waals surface area (Å²) >= 11 is 0. The van der Waals surface area contributed by atoms with E-state index in [2.05, 4.69) is 5.73 Å². The zero-order valence-corrected chi connectivity index (χ0v) is 22.2. The molecule has 13 heteroatoms. The van der Waals surface area contributed by atoms with Crippen LogP contribution in [0, 0.1) is 0 Å². The molecule has 3 aromatic carbocycles. The molecule has 0 amide bonds. The van der Waals surface area contributed by atoms with Gasteiger partial charge in [0.05, 0.1) is 33.5 Å². The van der Waals surface area contributed by atoms with Gasteiger partial charge < -0.3 is 56.2 Å². The summed E-state index contributed by atoms with van der Waals surface area (Å²) in [5.74, 6) is 3.68. The minimum Gasteiger partial charge on any atom is -0.497 e. The summed E-state index contributed by atoms with van der Waals surface area (Å²) in [7, 11) is -4.35. The molecule has 0 aromatic heterocycles. The fourth-order valence-corrected chi connectivity index (χ4v) is 3.05. The van der Waals surface area contributed by atoms with Crippen LogP contribution in [0.15, 0.2) is 72.8 Å². The molecular formula is C27H34BF4NO7.